The molecule has 2 amide bonds. The Morgan fingerprint density at radius 1 is 1.40 bits per heavy atom. The molecular weight excluding hydrogens is 322 g/mol. The predicted molar refractivity (Wildman–Crippen MR) is 93.7 cm³/mol. The van der Waals surface area contributed by atoms with Gasteiger partial charge in [0.25, 0.3) is 11.8 Å². The number of fused-ring (bicyclic) bond motifs is 1. The van der Waals surface area contributed by atoms with Crippen LogP contribution in [-0.2, 0) is 9.53 Å². The molecule has 0 saturated carbocycles. The number of rotatable bonds is 5. The Morgan fingerprint density at radius 3 is 2.88 bits per heavy atom. The summed E-state index contributed by atoms with van der Waals surface area (Å²) in [5.74, 6) is 0.189. The zero-order valence-corrected chi connectivity index (χ0v) is 14.5. The van der Waals surface area contributed by atoms with Crippen molar-refractivity contribution in [3.8, 4) is 5.75 Å². The Labute approximate surface area is 147 Å². The van der Waals surface area contributed by atoms with Gasteiger partial charge in [-0.2, -0.15) is 0 Å². The Morgan fingerprint density at radius 2 is 2.16 bits per heavy atom. The molecule has 1 fully saturated rings. The van der Waals surface area contributed by atoms with Gasteiger partial charge in [-0.25, -0.2) is 0 Å². The van der Waals surface area contributed by atoms with Crippen molar-refractivity contribution in [3.05, 3.63) is 23.8 Å². The fraction of sp³-hybridized carbons (Fsp3) is 0.556. The van der Waals surface area contributed by atoms with E-state index in [1.54, 1.807) is 25.1 Å². The van der Waals surface area contributed by atoms with Crippen LogP contribution in [0.25, 0.3) is 0 Å². The first-order chi connectivity index (χ1) is 12.1. The highest BCUT2D eigenvalue weighted by molar-refractivity contribution is 6.04. The number of nitrogens with two attached hydrogens (primary N) is 1. The van der Waals surface area contributed by atoms with Gasteiger partial charge in [0.05, 0.1) is 17.4 Å². The first-order valence-electron chi connectivity index (χ1n) is 8.81. The topological polar surface area (TPSA) is 93.9 Å². The van der Waals surface area contributed by atoms with Gasteiger partial charge >= 0.3 is 0 Å². The van der Waals surface area contributed by atoms with Crippen molar-refractivity contribution in [3.63, 3.8) is 0 Å². The lowest BCUT2D eigenvalue weighted by Gasteiger charge is -2.33. The second-order valence-electron chi connectivity index (χ2n) is 6.44. The third-order valence-corrected chi connectivity index (χ3v) is 4.60. The fourth-order valence-electron chi connectivity index (χ4n) is 3.12. The van der Waals surface area contributed by atoms with Gasteiger partial charge < -0.3 is 25.4 Å². The molecule has 3 N–H and O–H groups in total. The summed E-state index contributed by atoms with van der Waals surface area (Å²) >= 11 is 0. The summed E-state index contributed by atoms with van der Waals surface area (Å²) in [5.41, 5.74) is 6.52. The fourth-order valence-corrected chi connectivity index (χ4v) is 3.12. The normalized spacial score (nSPS) is 20.6. The number of hydrogen-bond donors (Lipinski definition) is 2. The van der Waals surface area contributed by atoms with Crippen molar-refractivity contribution in [2.24, 2.45) is 5.73 Å². The van der Waals surface area contributed by atoms with E-state index in [-0.39, 0.29) is 17.9 Å². The first kappa shape index (κ1) is 17.7. The van der Waals surface area contributed by atoms with E-state index in [0.29, 0.717) is 43.2 Å². The second-order valence-corrected chi connectivity index (χ2v) is 6.44. The lowest BCUT2D eigenvalue weighted by atomic mass is 10.0. The molecule has 0 spiro atoms. The molecule has 1 aromatic carbocycles. The summed E-state index contributed by atoms with van der Waals surface area (Å²) in [6.07, 6.45) is 2.08. The van der Waals surface area contributed by atoms with Gasteiger partial charge in [0, 0.05) is 19.7 Å². The molecule has 7 nitrogen and oxygen atoms in total. The minimum absolute atomic E-state index is 0.0689. The zero-order chi connectivity index (χ0) is 17.8. The number of nitrogens with one attached hydrogen (secondary N) is 1. The standard InChI is InChI=1S/C18H25N3O4/c1-12-17(22)20-15-5-2-4-14(16(15)25-12)18(23)21-9-6-13(7-10-21)24-11-3-8-19/h2,4-5,12-13H,3,6-11,19H2,1H3,(H,20,22). The molecule has 0 aliphatic carbocycles. The molecule has 7 heteroatoms. The van der Waals surface area contributed by atoms with Crippen LogP contribution in [0.5, 0.6) is 5.75 Å². The summed E-state index contributed by atoms with van der Waals surface area (Å²) in [7, 11) is 0. The van der Waals surface area contributed by atoms with Crippen LogP contribution >= 0.6 is 0 Å². The molecule has 136 valence electrons. The van der Waals surface area contributed by atoms with Gasteiger partial charge in [-0.05, 0) is 44.9 Å². The Balaban J connectivity index is 1.65. The first-order valence-corrected chi connectivity index (χ1v) is 8.81. The SMILES string of the molecule is CC1Oc2c(cccc2C(=O)N2CCC(OCCCN)CC2)NC1=O. The maximum Gasteiger partial charge on any atom is 0.265 e. The van der Waals surface area contributed by atoms with Crippen LogP contribution in [0.3, 0.4) is 0 Å². The molecule has 1 aromatic rings. The maximum absolute atomic E-state index is 12.9. The van der Waals surface area contributed by atoms with Crippen LogP contribution in [0.2, 0.25) is 0 Å². The summed E-state index contributed by atoms with van der Waals surface area (Å²) in [4.78, 5) is 26.5. The van der Waals surface area contributed by atoms with Gasteiger partial charge in [0.15, 0.2) is 11.9 Å². The Bertz CT molecular complexity index is 641. The van der Waals surface area contributed by atoms with Gasteiger partial charge in [0.2, 0.25) is 0 Å². The van der Waals surface area contributed by atoms with Crippen LogP contribution in [0.15, 0.2) is 18.2 Å². The molecule has 3 rings (SSSR count). The van der Waals surface area contributed by atoms with Crippen LogP contribution in [0, 0.1) is 0 Å². The van der Waals surface area contributed by atoms with E-state index in [2.05, 4.69) is 5.32 Å². The largest absolute Gasteiger partial charge is 0.478 e. The number of ether oxygens (including phenoxy) is 2. The molecular formula is C18H25N3O4. The molecule has 1 atom stereocenters. The zero-order valence-electron chi connectivity index (χ0n) is 14.5. The maximum atomic E-state index is 12.9. The molecule has 0 bridgehead atoms. The highest BCUT2D eigenvalue weighted by atomic mass is 16.5. The molecule has 2 aliphatic rings. The summed E-state index contributed by atoms with van der Waals surface area (Å²) < 4.78 is 11.5. The number of nitrogens with zero attached hydrogens (tertiary/aromatic N) is 1. The van der Waals surface area contributed by atoms with E-state index < -0.39 is 6.10 Å². The van der Waals surface area contributed by atoms with Gasteiger partial charge in [0.1, 0.15) is 0 Å². The number of likely N-dealkylation sites (tertiary alicyclic amines) is 1. The van der Waals surface area contributed by atoms with Crippen LogP contribution in [0.1, 0.15) is 36.5 Å². The lowest BCUT2D eigenvalue weighted by molar-refractivity contribution is -0.122. The minimum atomic E-state index is -0.608. The quantitative estimate of drug-likeness (QED) is 0.785. The summed E-state index contributed by atoms with van der Waals surface area (Å²) in [6, 6.07) is 5.25. The van der Waals surface area contributed by atoms with E-state index >= 15 is 0 Å². The van der Waals surface area contributed by atoms with Crippen molar-refractivity contribution in [2.45, 2.75) is 38.4 Å². The lowest BCUT2D eigenvalue weighted by Crippen LogP contribution is -2.42. The minimum Gasteiger partial charge on any atom is -0.478 e. The molecule has 25 heavy (non-hydrogen) atoms. The average Bonchev–Trinajstić information content (AvgIpc) is 2.62. The van der Waals surface area contributed by atoms with E-state index in [4.69, 9.17) is 15.2 Å². The van der Waals surface area contributed by atoms with Crippen molar-refractivity contribution in [1.29, 1.82) is 0 Å². The number of benzene rings is 1. The van der Waals surface area contributed by atoms with E-state index in [9.17, 15) is 9.59 Å². The molecule has 2 heterocycles. The second kappa shape index (κ2) is 7.84. The van der Waals surface area contributed by atoms with Crippen LogP contribution in [0.4, 0.5) is 5.69 Å². The number of piperidine rings is 1. The molecule has 2 aliphatic heterocycles. The van der Waals surface area contributed by atoms with Gasteiger partial charge in [-0.15, -0.1) is 0 Å². The Hall–Kier alpha value is -2.12. The molecule has 1 saturated heterocycles. The van der Waals surface area contributed by atoms with E-state index in [1.165, 1.54) is 0 Å². The smallest absolute Gasteiger partial charge is 0.265 e. The van der Waals surface area contributed by atoms with Crippen molar-refractivity contribution >= 4 is 17.5 Å². The van der Waals surface area contributed by atoms with Gasteiger partial charge in [-0.1, -0.05) is 6.07 Å². The van der Waals surface area contributed by atoms with Crippen molar-refractivity contribution in [2.75, 3.05) is 31.6 Å². The monoisotopic (exact) mass is 347 g/mol. The van der Waals surface area contributed by atoms with Crippen molar-refractivity contribution in [1.82, 2.24) is 4.90 Å². The predicted octanol–water partition coefficient (Wildman–Crippen LogP) is 1.38. The number of anilines is 1. The van der Waals surface area contributed by atoms with E-state index in [0.717, 1.165) is 19.3 Å². The summed E-state index contributed by atoms with van der Waals surface area (Å²) in [6.45, 7) is 4.28. The number of carbonyl (C=O) groups excluding carboxylic acids is 2. The molecule has 1 unspecified atom stereocenters. The average molecular weight is 347 g/mol. The Kier molecular flexibility index (Phi) is 5.55. The van der Waals surface area contributed by atoms with Gasteiger partial charge in [-0.3, -0.25) is 9.59 Å². The van der Waals surface area contributed by atoms with Crippen LogP contribution < -0.4 is 15.8 Å². The van der Waals surface area contributed by atoms with E-state index in [1.807, 2.05) is 4.90 Å². The third kappa shape index (κ3) is 3.93. The number of hydrogen-bond acceptors (Lipinski definition) is 5. The summed E-state index contributed by atoms with van der Waals surface area (Å²) in [5, 5.41) is 2.78. The number of carbonyl (C=O) groups is 2. The number of amides is 2. The molecule has 0 radical (unpaired) electrons. The van der Waals surface area contributed by atoms with Crippen molar-refractivity contribution < 1.29 is 19.1 Å². The molecule has 0 aromatic heterocycles. The number of para-hydroxylation sites is 1. The highest BCUT2D eigenvalue weighted by Crippen LogP contribution is 2.34. The highest BCUT2D eigenvalue weighted by Gasteiger charge is 2.31. The van der Waals surface area contributed by atoms with Crippen LogP contribution in [-0.4, -0.2) is 55.2 Å². The third-order valence-electron chi connectivity index (χ3n) is 4.60.